The van der Waals surface area contributed by atoms with Crippen LogP contribution < -0.4 is 19.7 Å². The number of rotatable bonds is 10. The molecule has 3 N–H and O–H groups in total. The second kappa shape index (κ2) is 11.2. The number of carbonyl (C=O) groups is 1. The fourth-order valence-corrected chi connectivity index (χ4v) is 5.80. The number of aliphatic hydroxyl groups is 1. The zero-order valence-corrected chi connectivity index (χ0v) is 22.5. The lowest BCUT2D eigenvalue weighted by molar-refractivity contribution is -0.139. The molecule has 0 unspecified atom stereocenters. The number of nitrogens with one attached hydrogen (secondary N) is 2. The number of anilines is 3. The quantitative estimate of drug-likeness (QED) is 0.391. The lowest BCUT2D eigenvalue weighted by Crippen LogP contribution is -2.36. The van der Waals surface area contributed by atoms with E-state index in [0.717, 1.165) is 12.8 Å². The molecule has 2 fully saturated rings. The van der Waals surface area contributed by atoms with Gasteiger partial charge in [0.15, 0.2) is 0 Å². The largest absolute Gasteiger partial charge is 0.463 e. The molecule has 1 saturated heterocycles. The van der Waals surface area contributed by atoms with Crippen molar-refractivity contribution < 1.29 is 36.2 Å². The maximum Gasteiger partial charge on any atom is 0.392 e. The number of hydrogen-bond donors (Lipinski definition) is 3. The number of alkyl halides is 3. The molecule has 0 bridgehead atoms. The normalized spacial score (nSPS) is 17.5. The van der Waals surface area contributed by atoms with Gasteiger partial charge in [-0.2, -0.15) is 18.2 Å². The molecule has 2 heterocycles. The van der Waals surface area contributed by atoms with Crippen LogP contribution in [0, 0.1) is 12.3 Å². The molecule has 4 rings (SSSR count). The summed E-state index contributed by atoms with van der Waals surface area (Å²) in [5, 5.41) is 12.2. The van der Waals surface area contributed by atoms with Crippen molar-refractivity contribution >= 4 is 33.1 Å². The number of nitrogens with zero attached hydrogens (tertiary/aromatic N) is 3. The Hall–Kier alpha value is -3.13. The number of ether oxygens (including phenoxy) is 1. The number of hydrogen-bond acceptors (Lipinski definition) is 8. The topological polar surface area (TPSA) is 134 Å². The molecule has 14 heteroatoms. The molecule has 1 atom stereocenters. The molecule has 1 amide bonds. The molecule has 214 valence electrons. The van der Waals surface area contributed by atoms with Crippen LogP contribution in [0.25, 0.3) is 0 Å². The molecule has 2 aromatic rings. The molecule has 1 aromatic carbocycles. The first-order valence-corrected chi connectivity index (χ1v) is 14.3. The summed E-state index contributed by atoms with van der Waals surface area (Å²) in [5.74, 6) is -0.954. The molecule has 1 aromatic heterocycles. The summed E-state index contributed by atoms with van der Waals surface area (Å²) in [6.45, 7) is 3.71. The van der Waals surface area contributed by atoms with E-state index in [0.29, 0.717) is 29.9 Å². The minimum Gasteiger partial charge on any atom is -0.463 e. The highest BCUT2D eigenvalue weighted by Crippen LogP contribution is 2.54. The van der Waals surface area contributed by atoms with Crippen molar-refractivity contribution in [2.75, 3.05) is 40.4 Å². The first-order chi connectivity index (χ1) is 18.2. The molecular formula is C25H32F3N5O5S. The standard InChI is InChI=1S/C25H32F3N5O5S/c1-16-13-21(31-23(29-16)38-12-9-25(26,27)28)30-22(35)19-4-3-18(32-39(36,37)15-17(2)34)14-20(19)33-10-7-24(5-6-24)8-11-33/h3-4,13-14,17,32,34H,5-12,15H2,1-2H3,(H,29,30,31,35)/t17-/m0/s1. The predicted octanol–water partition coefficient (Wildman–Crippen LogP) is 3.87. The van der Waals surface area contributed by atoms with Crippen LogP contribution in [0.15, 0.2) is 24.3 Å². The molecule has 1 aliphatic heterocycles. The summed E-state index contributed by atoms with van der Waals surface area (Å²) < 4.78 is 69.7. The molecule has 1 saturated carbocycles. The van der Waals surface area contributed by atoms with Crippen molar-refractivity contribution in [1.82, 2.24) is 9.97 Å². The number of benzene rings is 1. The van der Waals surface area contributed by atoms with Crippen molar-refractivity contribution in [3.8, 4) is 6.01 Å². The van der Waals surface area contributed by atoms with Gasteiger partial charge in [0.2, 0.25) is 10.0 Å². The number of piperidine rings is 1. The van der Waals surface area contributed by atoms with E-state index in [1.165, 1.54) is 38.0 Å². The number of carbonyl (C=O) groups excluding carboxylic acids is 1. The van der Waals surface area contributed by atoms with E-state index in [2.05, 4.69) is 20.0 Å². The molecular weight excluding hydrogens is 539 g/mol. The van der Waals surface area contributed by atoms with Crippen LogP contribution in [-0.2, 0) is 10.0 Å². The summed E-state index contributed by atoms with van der Waals surface area (Å²) in [5.41, 5.74) is 1.82. The van der Waals surface area contributed by atoms with E-state index in [4.69, 9.17) is 4.74 Å². The molecule has 10 nitrogen and oxygen atoms in total. The SMILES string of the molecule is Cc1cc(NC(=O)c2ccc(NS(=O)(=O)C[C@H](C)O)cc2N2CCC3(CC2)CC3)nc(OCCC(F)(F)F)n1. The average molecular weight is 572 g/mol. The number of aryl methyl sites for hydroxylation is 1. The van der Waals surface area contributed by atoms with Gasteiger partial charge in [-0.1, -0.05) is 0 Å². The fraction of sp³-hybridized carbons (Fsp3) is 0.560. The Balaban J connectivity index is 1.56. The smallest absolute Gasteiger partial charge is 0.392 e. The summed E-state index contributed by atoms with van der Waals surface area (Å²) in [6, 6.07) is 5.73. The van der Waals surface area contributed by atoms with E-state index in [1.54, 1.807) is 13.0 Å². The van der Waals surface area contributed by atoms with Crippen molar-refractivity contribution in [3.63, 3.8) is 0 Å². The maximum atomic E-state index is 13.4. The monoisotopic (exact) mass is 571 g/mol. The van der Waals surface area contributed by atoms with Crippen molar-refractivity contribution in [1.29, 1.82) is 0 Å². The maximum absolute atomic E-state index is 13.4. The van der Waals surface area contributed by atoms with Crippen LogP contribution in [-0.4, -0.2) is 67.1 Å². The van der Waals surface area contributed by atoms with E-state index < -0.39 is 47.0 Å². The van der Waals surface area contributed by atoms with Crippen molar-refractivity contribution in [2.45, 2.75) is 58.2 Å². The molecule has 0 radical (unpaired) electrons. The first kappa shape index (κ1) is 28.9. The Morgan fingerprint density at radius 2 is 1.87 bits per heavy atom. The minimum absolute atomic E-state index is 0.0535. The second-order valence-corrected chi connectivity index (χ2v) is 12.1. The van der Waals surface area contributed by atoms with E-state index in [1.807, 2.05) is 4.90 Å². The number of aromatic nitrogens is 2. The summed E-state index contributed by atoms with van der Waals surface area (Å²) in [7, 11) is -3.82. The number of amides is 1. The van der Waals surface area contributed by atoms with Gasteiger partial charge in [-0.15, -0.1) is 0 Å². The van der Waals surface area contributed by atoms with Gasteiger partial charge in [-0.05, 0) is 63.1 Å². The number of sulfonamides is 1. The van der Waals surface area contributed by atoms with E-state index in [-0.39, 0.29) is 23.1 Å². The Morgan fingerprint density at radius 3 is 2.49 bits per heavy atom. The predicted molar refractivity (Wildman–Crippen MR) is 140 cm³/mol. The summed E-state index contributed by atoms with van der Waals surface area (Å²) in [4.78, 5) is 23.4. The molecule has 2 aliphatic rings. The Bertz CT molecular complexity index is 1310. The van der Waals surface area contributed by atoms with Crippen LogP contribution in [0.4, 0.5) is 30.4 Å². The van der Waals surface area contributed by atoms with Crippen LogP contribution in [0.3, 0.4) is 0 Å². The fourth-order valence-electron chi connectivity index (χ4n) is 4.60. The van der Waals surface area contributed by atoms with Crippen LogP contribution in [0.2, 0.25) is 0 Å². The first-order valence-electron chi connectivity index (χ1n) is 12.7. The highest BCUT2D eigenvalue weighted by atomic mass is 32.2. The Kier molecular flexibility index (Phi) is 8.26. The molecule has 1 aliphatic carbocycles. The molecule has 39 heavy (non-hydrogen) atoms. The zero-order valence-electron chi connectivity index (χ0n) is 21.7. The molecule has 1 spiro atoms. The van der Waals surface area contributed by atoms with E-state index in [9.17, 15) is 31.5 Å². The van der Waals surface area contributed by atoms with Gasteiger partial charge >= 0.3 is 12.2 Å². The highest BCUT2D eigenvalue weighted by Gasteiger charge is 2.44. The average Bonchev–Trinajstić information content (AvgIpc) is 3.55. The highest BCUT2D eigenvalue weighted by molar-refractivity contribution is 7.92. The van der Waals surface area contributed by atoms with Crippen molar-refractivity contribution in [3.05, 3.63) is 35.5 Å². The number of halogens is 3. The summed E-state index contributed by atoms with van der Waals surface area (Å²) in [6.07, 6.45) is -2.29. The van der Waals surface area contributed by atoms with Gasteiger partial charge in [0.1, 0.15) is 12.4 Å². The van der Waals surface area contributed by atoms with Gasteiger partial charge in [0.05, 0.1) is 35.2 Å². The van der Waals surface area contributed by atoms with Gasteiger partial charge in [-0.3, -0.25) is 9.52 Å². The van der Waals surface area contributed by atoms with Crippen LogP contribution in [0.5, 0.6) is 6.01 Å². The minimum atomic E-state index is -4.39. The lowest BCUT2D eigenvalue weighted by Gasteiger charge is -2.35. The Morgan fingerprint density at radius 1 is 1.18 bits per heavy atom. The van der Waals surface area contributed by atoms with Crippen molar-refractivity contribution in [2.24, 2.45) is 5.41 Å². The lowest BCUT2D eigenvalue weighted by atomic mass is 9.93. The third-order valence-electron chi connectivity index (χ3n) is 6.79. The third-order valence-corrected chi connectivity index (χ3v) is 8.26. The van der Waals surface area contributed by atoms with E-state index >= 15 is 0 Å². The van der Waals surface area contributed by atoms with Gasteiger partial charge in [0.25, 0.3) is 5.91 Å². The zero-order chi connectivity index (χ0) is 28.4. The van der Waals surface area contributed by atoms with Gasteiger partial charge in [0, 0.05) is 24.8 Å². The van der Waals surface area contributed by atoms with Crippen LogP contribution >= 0.6 is 0 Å². The Labute approximate surface area is 225 Å². The summed E-state index contributed by atoms with van der Waals surface area (Å²) >= 11 is 0. The second-order valence-electron chi connectivity index (χ2n) is 10.3. The van der Waals surface area contributed by atoms with Gasteiger partial charge < -0.3 is 20.1 Å². The third kappa shape index (κ3) is 8.18. The van der Waals surface area contributed by atoms with Gasteiger partial charge in [-0.25, -0.2) is 13.4 Å². The van der Waals surface area contributed by atoms with Crippen LogP contribution in [0.1, 0.15) is 55.1 Å². The number of aliphatic hydroxyl groups excluding tert-OH is 1.